The Hall–Kier alpha value is 0.200. The van der Waals surface area contributed by atoms with Gasteiger partial charge in [0.05, 0.1) is 12.0 Å². The molecule has 132 valence electrons. The first-order valence-corrected chi connectivity index (χ1v) is 11.6. The predicted octanol–water partition coefficient (Wildman–Crippen LogP) is 1.78. The number of methoxy groups -OCH3 is 1. The molecule has 4 nitrogen and oxygen atoms in total. The molecule has 0 fully saturated rings. The third-order valence-electron chi connectivity index (χ3n) is 3.69. The minimum atomic E-state index is -4.58. The molecule has 0 aliphatic rings. The zero-order chi connectivity index (χ0) is 17.7. The zero-order valence-corrected chi connectivity index (χ0v) is 19.8. The van der Waals surface area contributed by atoms with Crippen molar-refractivity contribution in [1.82, 2.24) is 0 Å². The fourth-order valence-corrected chi connectivity index (χ4v) is 6.11. The molecule has 0 amide bonds. The molecule has 0 atom stereocenters. The predicted molar refractivity (Wildman–Crippen MR) is 100 cm³/mol. The molecule has 9 heteroatoms. The van der Waals surface area contributed by atoms with Gasteiger partial charge in [-0.3, -0.25) is 0 Å². The fourth-order valence-electron chi connectivity index (χ4n) is 2.43. The molecule has 0 radical (unpaired) electrons. The zero-order valence-electron chi connectivity index (χ0n) is 14.5. The summed E-state index contributed by atoms with van der Waals surface area (Å²) in [6.07, 6.45) is 4.98. The van der Waals surface area contributed by atoms with E-state index in [1.165, 1.54) is 30.5 Å². The molecule has 0 spiro atoms. The van der Waals surface area contributed by atoms with E-state index in [4.69, 9.17) is 17.0 Å². The van der Waals surface area contributed by atoms with Crippen LogP contribution in [0.2, 0.25) is 0 Å². The van der Waals surface area contributed by atoms with Crippen LogP contribution < -0.4 is 34.3 Å². The summed E-state index contributed by atoms with van der Waals surface area (Å²) < 4.78 is 40.1. The van der Waals surface area contributed by atoms with E-state index in [1.54, 1.807) is 26.7 Å². The molecule has 0 aliphatic heterocycles. The average molecular weight is 427 g/mol. The number of benzene rings is 1. The number of unbranched alkanes of at least 4 members (excludes halogenated alkanes) is 2. The molecular weight excluding hydrogens is 407 g/mol. The van der Waals surface area contributed by atoms with Crippen molar-refractivity contribution in [3.8, 4) is 5.75 Å². The second kappa shape index (κ2) is 10.5. The van der Waals surface area contributed by atoms with Crippen LogP contribution in [0, 0.1) is 3.82 Å². The van der Waals surface area contributed by atoms with Crippen molar-refractivity contribution in [3.63, 3.8) is 0 Å². The van der Waals surface area contributed by atoms with Gasteiger partial charge >= 0.3 is 29.6 Å². The molecule has 2 aromatic rings. The Morgan fingerprint density at radius 3 is 2.56 bits per heavy atom. The van der Waals surface area contributed by atoms with Gasteiger partial charge in [0.2, 0.25) is 0 Å². The van der Waals surface area contributed by atoms with Gasteiger partial charge in [0, 0.05) is 11.3 Å². The summed E-state index contributed by atoms with van der Waals surface area (Å²) in [7, 11) is 0.0376. The Morgan fingerprint density at radius 1 is 1.24 bits per heavy atom. The molecule has 0 unspecified atom stereocenters. The largest absolute Gasteiger partial charge is 1.00 e. The summed E-state index contributed by atoms with van der Waals surface area (Å²) in [4.78, 5) is 0.945. The molecule has 2 rings (SSSR count). The minimum absolute atomic E-state index is 0. The van der Waals surface area contributed by atoms with E-state index >= 15 is 0 Å². The Kier molecular flexibility index (Phi) is 9.77. The molecule has 0 saturated carbocycles. The standard InChI is InChI=1S/C16H20O4S4.Na/c1-3-4-5-6-14-12(16(21)23-22-14)9-11-7-8-13(20-2)15(10-11)24(17,18)19;/h7-8,10H,3-6,9H2,1-2H3,(H,17,18,19);/q;+1/p-1. The van der Waals surface area contributed by atoms with Gasteiger partial charge in [-0.2, -0.15) is 0 Å². The molecule has 0 bridgehead atoms. The third kappa shape index (κ3) is 6.39. The van der Waals surface area contributed by atoms with Gasteiger partial charge in [-0.25, -0.2) is 8.42 Å². The van der Waals surface area contributed by atoms with E-state index in [0.29, 0.717) is 6.42 Å². The summed E-state index contributed by atoms with van der Waals surface area (Å²) in [5.41, 5.74) is 1.83. The molecule has 0 saturated heterocycles. The molecular formula is C16H19NaO4S4. The van der Waals surface area contributed by atoms with Crippen molar-refractivity contribution in [3.05, 3.63) is 38.0 Å². The average Bonchev–Trinajstić information content (AvgIpc) is 2.87. The van der Waals surface area contributed by atoms with Crippen LogP contribution in [0.5, 0.6) is 5.75 Å². The summed E-state index contributed by atoms with van der Waals surface area (Å²) in [6.45, 7) is 2.17. The maximum atomic E-state index is 11.4. The molecule has 25 heavy (non-hydrogen) atoms. The molecule has 0 N–H and O–H groups in total. The second-order valence-corrected chi connectivity index (χ2v) is 9.68. The SMILES string of the molecule is CCCCCc1ssc(=S)c1Cc1ccc(OC)c(S(=O)(=O)[O-])c1.[Na+]. The van der Waals surface area contributed by atoms with E-state index in [-0.39, 0.29) is 40.2 Å². The van der Waals surface area contributed by atoms with Crippen LogP contribution in [0.4, 0.5) is 0 Å². The Balaban J connectivity index is 0.00000312. The van der Waals surface area contributed by atoms with Gasteiger partial charge in [0.15, 0.2) is 0 Å². The maximum Gasteiger partial charge on any atom is 1.00 e. The topological polar surface area (TPSA) is 66.4 Å². The summed E-state index contributed by atoms with van der Waals surface area (Å²) >= 11 is 5.43. The van der Waals surface area contributed by atoms with Crippen molar-refractivity contribution in [2.75, 3.05) is 7.11 Å². The van der Waals surface area contributed by atoms with Gasteiger partial charge in [-0.05, 0) is 36.1 Å². The number of hydrogen-bond donors (Lipinski definition) is 0. The van der Waals surface area contributed by atoms with Gasteiger partial charge in [0.1, 0.15) is 19.7 Å². The minimum Gasteiger partial charge on any atom is -0.744 e. The van der Waals surface area contributed by atoms with Gasteiger partial charge < -0.3 is 9.29 Å². The van der Waals surface area contributed by atoms with E-state index in [2.05, 4.69) is 6.92 Å². The van der Waals surface area contributed by atoms with Crippen LogP contribution in [0.3, 0.4) is 0 Å². The van der Waals surface area contributed by atoms with Crippen LogP contribution >= 0.6 is 32.9 Å². The van der Waals surface area contributed by atoms with Crippen molar-refractivity contribution in [2.24, 2.45) is 0 Å². The van der Waals surface area contributed by atoms with Crippen molar-refractivity contribution in [2.45, 2.75) is 43.9 Å². The van der Waals surface area contributed by atoms with Crippen molar-refractivity contribution < 1.29 is 47.3 Å². The van der Waals surface area contributed by atoms with Gasteiger partial charge in [-0.15, -0.1) is 0 Å². The van der Waals surface area contributed by atoms with Crippen LogP contribution in [0.1, 0.15) is 42.2 Å². The molecule has 0 aliphatic carbocycles. The second-order valence-electron chi connectivity index (χ2n) is 5.43. The summed E-state index contributed by atoms with van der Waals surface area (Å²) in [6, 6.07) is 4.70. The van der Waals surface area contributed by atoms with Crippen LogP contribution in [-0.4, -0.2) is 20.1 Å². The molecule has 1 heterocycles. The van der Waals surface area contributed by atoms with Gasteiger partial charge in [0.25, 0.3) is 0 Å². The molecule has 1 aromatic heterocycles. The van der Waals surface area contributed by atoms with E-state index in [1.807, 2.05) is 0 Å². The Morgan fingerprint density at radius 2 is 1.96 bits per heavy atom. The first kappa shape index (κ1) is 23.2. The van der Waals surface area contributed by atoms with Crippen molar-refractivity contribution in [1.29, 1.82) is 0 Å². The van der Waals surface area contributed by atoms with Gasteiger partial charge in [-0.1, -0.05) is 58.7 Å². The Labute approximate surface area is 183 Å². The van der Waals surface area contributed by atoms with Crippen LogP contribution in [0.15, 0.2) is 23.1 Å². The molecule has 1 aromatic carbocycles. The fraction of sp³-hybridized carbons (Fsp3) is 0.438. The van der Waals surface area contributed by atoms with E-state index < -0.39 is 10.1 Å². The quantitative estimate of drug-likeness (QED) is 0.212. The number of rotatable bonds is 8. The maximum absolute atomic E-state index is 11.4. The van der Waals surface area contributed by atoms with Crippen molar-refractivity contribution >= 4 is 43.0 Å². The normalized spacial score (nSPS) is 11.2. The summed E-state index contributed by atoms with van der Waals surface area (Å²) in [5, 5.41) is 0. The first-order chi connectivity index (χ1) is 11.4. The summed E-state index contributed by atoms with van der Waals surface area (Å²) in [5.74, 6) is 0.0728. The van der Waals surface area contributed by atoms with Crippen LogP contribution in [0.25, 0.3) is 0 Å². The Bertz CT molecular complexity index is 855. The first-order valence-electron chi connectivity index (χ1n) is 7.60. The smallest absolute Gasteiger partial charge is 0.744 e. The van der Waals surface area contributed by atoms with E-state index in [0.717, 1.165) is 34.2 Å². The number of aryl methyl sites for hydroxylation is 1. The van der Waals surface area contributed by atoms with Crippen LogP contribution in [-0.2, 0) is 23.0 Å². The number of hydrogen-bond acceptors (Lipinski definition) is 7. The number of ether oxygens (including phenoxy) is 1. The monoisotopic (exact) mass is 426 g/mol. The third-order valence-corrected chi connectivity index (χ3v) is 7.84. The van der Waals surface area contributed by atoms with E-state index in [9.17, 15) is 13.0 Å².